The predicted molar refractivity (Wildman–Crippen MR) is 174 cm³/mol. The Bertz CT molecular complexity index is 1460. The summed E-state index contributed by atoms with van der Waals surface area (Å²) in [4.78, 5) is 43.3. The minimum atomic E-state index is -2.12. The molecule has 2 aliphatic rings. The molecule has 1 amide bonds. The van der Waals surface area contributed by atoms with Crippen LogP contribution in [0.4, 0.5) is 5.82 Å². The summed E-state index contributed by atoms with van der Waals surface area (Å²) in [6, 6.07) is 4.13. The van der Waals surface area contributed by atoms with Gasteiger partial charge in [-0.3, -0.25) is 14.4 Å². The van der Waals surface area contributed by atoms with E-state index in [1.165, 1.54) is 16.9 Å². The van der Waals surface area contributed by atoms with Crippen molar-refractivity contribution in [3.8, 4) is 6.07 Å². The molecule has 2 fully saturated rings. The maximum absolute atomic E-state index is 13.1. The quantitative estimate of drug-likeness (QED) is 0.150. The van der Waals surface area contributed by atoms with Gasteiger partial charge in [0.15, 0.2) is 11.9 Å². The summed E-state index contributed by atoms with van der Waals surface area (Å²) in [6.45, 7) is 8.89. The van der Waals surface area contributed by atoms with Gasteiger partial charge in [-0.1, -0.05) is 52.9 Å². The van der Waals surface area contributed by atoms with Crippen molar-refractivity contribution in [3.63, 3.8) is 0 Å². The molecule has 0 spiro atoms. The first kappa shape index (κ1) is 37.2. The molecule has 0 aromatic carbocycles. The first-order valence-electron chi connectivity index (χ1n) is 17.0. The van der Waals surface area contributed by atoms with E-state index in [2.05, 4.69) is 21.5 Å². The zero-order valence-corrected chi connectivity index (χ0v) is 28.6. The van der Waals surface area contributed by atoms with E-state index in [1.54, 1.807) is 33.8 Å². The Morgan fingerprint density at radius 1 is 1.23 bits per heavy atom. The fourth-order valence-electron chi connectivity index (χ4n) is 6.07. The van der Waals surface area contributed by atoms with Crippen LogP contribution in [0, 0.1) is 23.2 Å². The number of hydrogen-bond acceptors (Lipinski definition) is 12. The molecule has 5 atom stereocenters. The van der Waals surface area contributed by atoms with E-state index in [-0.39, 0.29) is 36.4 Å². The molecule has 1 aliphatic heterocycles. The number of ether oxygens (including phenoxy) is 4. The maximum atomic E-state index is 13.1. The van der Waals surface area contributed by atoms with Gasteiger partial charge in [0.1, 0.15) is 48.4 Å². The highest BCUT2D eigenvalue weighted by Gasteiger charge is 2.60. The molecule has 4 rings (SSSR count). The predicted octanol–water partition coefficient (Wildman–Crippen LogP) is 3.54. The molecular formula is C34H50N6O8. The van der Waals surface area contributed by atoms with E-state index < -0.39 is 53.4 Å². The zero-order chi connectivity index (χ0) is 35.1. The van der Waals surface area contributed by atoms with Crippen LogP contribution in [0.3, 0.4) is 0 Å². The largest absolute Gasteiger partial charge is 0.463 e. The third kappa shape index (κ3) is 8.31. The van der Waals surface area contributed by atoms with Crippen LogP contribution >= 0.6 is 0 Å². The topological polar surface area (TPSA) is 200 Å². The summed E-state index contributed by atoms with van der Waals surface area (Å²) in [5.74, 6) is -1.56. The van der Waals surface area contributed by atoms with Crippen LogP contribution < -0.4 is 11.1 Å². The second-order valence-electron chi connectivity index (χ2n) is 13.7. The van der Waals surface area contributed by atoms with E-state index in [0.29, 0.717) is 12.1 Å². The molecule has 14 heteroatoms. The van der Waals surface area contributed by atoms with Gasteiger partial charge in [-0.15, -0.1) is 0 Å². The Labute approximate surface area is 281 Å². The molecule has 1 aliphatic carbocycles. The lowest BCUT2D eigenvalue weighted by atomic mass is 9.92. The van der Waals surface area contributed by atoms with Gasteiger partial charge >= 0.3 is 11.9 Å². The van der Waals surface area contributed by atoms with E-state index in [9.17, 15) is 24.8 Å². The van der Waals surface area contributed by atoms with Crippen LogP contribution in [0.1, 0.15) is 98.1 Å². The second-order valence-corrected chi connectivity index (χ2v) is 13.7. The number of aliphatic hydroxyl groups is 1. The van der Waals surface area contributed by atoms with E-state index in [4.69, 9.17) is 24.7 Å². The number of nitriles is 1. The molecule has 2 aromatic rings. The Hall–Kier alpha value is -3.64. The molecule has 0 radical (unpaired) electrons. The lowest BCUT2D eigenvalue weighted by Crippen LogP contribution is -2.46. The molecule has 14 nitrogen and oxygen atoms in total. The van der Waals surface area contributed by atoms with Crippen molar-refractivity contribution in [2.75, 3.05) is 18.5 Å². The highest BCUT2D eigenvalue weighted by molar-refractivity contribution is 5.98. The molecule has 0 bridgehead atoms. The third-order valence-corrected chi connectivity index (χ3v) is 9.25. The summed E-state index contributed by atoms with van der Waals surface area (Å²) in [7, 11) is 0. The van der Waals surface area contributed by atoms with Gasteiger partial charge in [0, 0.05) is 13.0 Å². The van der Waals surface area contributed by atoms with Crippen molar-refractivity contribution in [1.29, 1.82) is 5.26 Å². The number of fused-ring (bicyclic) bond motifs is 1. The van der Waals surface area contributed by atoms with Crippen molar-refractivity contribution in [1.82, 2.24) is 14.6 Å². The standard InChI is InChI=1S/C34H50N6O8/c1-6-7-16-46-33(4,5)32(44)39-30-23-14-15-25(40(23)38-20-37-30)34(19-35)29(42)28(47-31(43)27(36)21(2)3)24(48-34)18-45-26(41)17-22-12-10-8-9-11-13-22/h14-15,20-22,24,27-29,42H,6-13,16-18,36H2,1-5H3,(H,37,38,39,44)/t24-,27+,28-,29-,34+/m1/s1. The van der Waals surface area contributed by atoms with Crippen molar-refractivity contribution < 1.29 is 38.4 Å². The Balaban J connectivity index is 1.61. The molecule has 48 heavy (non-hydrogen) atoms. The Kier molecular flexibility index (Phi) is 12.5. The minimum absolute atomic E-state index is 0.0883. The summed E-state index contributed by atoms with van der Waals surface area (Å²) >= 11 is 0. The molecular weight excluding hydrogens is 620 g/mol. The maximum Gasteiger partial charge on any atom is 0.323 e. The van der Waals surface area contributed by atoms with Gasteiger partial charge in [0.2, 0.25) is 5.60 Å². The number of aromatic nitrogens is 3. The fourth-order valence-corrected chi connectivity index (χ4v) is 6.07. The Morgan fingerprint density at radius 2 is 1.94 bits per heavy atom. The number of nitrogens with two attached hydrogens (primary N) is 1. The summed E-state index contributed by atoms with van der Waals surface area (Å²) < 4.78 is 24.6. The lowest BCUT2D eigenvalue weighted by molar-refractivity contribution is -0.162. The third-order valence-electron chi connectivity index (χ3n) is 9.25. The van der Waals surface area contributed by atoms with Crippen molar-refractivity contribution in [3.05, 3.63) is 24.2 Å². The molecule has 3 heterocycles. The number of esters is 2. The number of nitrogens with one attached hydrogen (secondary N) is 1. The molecule has 264 valence electrons. The second kappa shape index (κ2) is 16.2. The molecule has 1 saturated heterocycles. The van der Waals surface area contributed by atoms with Crippen LogP contribution in [0.15, 0.2) is 18.5 Å². The van der Waals surface area contributed by atoms with Gasteiger partial charge in [0.25, 0.3) is 5.91 Å². The number of nitrogens with zero attached hydrogens (tertiary/aromatic N) is 4. The SMILES string of the molecule is CCCCOC(C)(C)C(=O)Nc1ncnn2c([C@]3(C#N)O[C@H](COC(=O)CC4CCCCCC4)[C@@H](OC(=O)[C@@H](N)C(C)C)[C@H]3O)ccc12. The molecule has 2 aromatic heterocycles. The smallest absolute Gasteiger partial charge is 0.323 e. The number of carbonyl (C=O) groups is 3. The van der Waals surface area contributed by atoms with Crippen LogP contribution in [0.2, 0.25) is 0 Å². The van der Waals surface area contributed by atoms with Crippen molar-refractivity contribution in [2.24, 2.45) is 17.6 Å². The first-order chi connectivity index (χ1) is 22.8. The van der Waals surface area contributed by atoms with Gasteiger partial charge in [-0.2, -0.15) is 10.4 Å². The van der Waals surface area contributed by atoms with Crippen LogP contribution in [-0.4, -0.2) is 80.7 Å². The van der Waals surface area contributed by atoms with Crippen LogP contribution in [-0.2, 0) is 38.9 Å². The summed E-state index contributed by atoms with van der Waals surface area (Å²) in [5.41, 5.74) is 3.18. The number of amides is 1. The lowest BCUT2D eigenvalue weighted by Gasteiger charge is -2.26. The van der Waals surface area contributed by atoms with E-state index in [1.807, 2.05) is 6.92 Å². The minimum Gasteiger partial charge on any atom is -0.463 e. The average Bonchev–Trinajstić information content (AvgIpc) is 3.49. The monoisotopic (exact) mass is 670 g/mol. The summed E-state index contributed by atoms with van der Waals surface area (Å²) in [6.07, 6.45) is 5.17. The first-order valence-corrected chi connectivity index (χ1v) is 17.0. The van der Waals surface area contributed by atoms with Gasteiger partial charge in [-0.25, -0.2) is 9.50 Å². The van der Waals surface area contributed by atoms with E-state index >= 15 is 0 Å². The van der Waals surface area contributed by atoms with E-state index in [0.717, 1.165) is 51.4 Å². The molecule has 1 saturated carbocycles. The van der Waals surface area contributed by atoms with Crippen LogP contribution in [0.5, 0.6) is 0 Å². The van der Waals surface area contributed by atoms with Gasteiger partial charge in [-0.05, 0) is 57.1 Å². The number of anilines is 1. The Morgan fingerprint density at radius 3 is 2.58 bits per heavy atom. The normalized spacial score (nSPS) is 24.2. The number of unbranched alkanes of at least 4 members (excludes halogenated alkanes) is 1. The zero-order valence-electron chi connectivity index (χ0n) is 28.6. The van der Waals surface area contributed by atoms with Crippen LogP contribution in [0.25, 0.3) is 5.52 Å². The average molecular weight is 671 g/mol. The highest BCUT2D eigenvalue weighted by Crippen LogP contribution is 2.42. The molecule has 0 unspecified atom stereocenters. The van der Waals surface area contributed by atoms with Gasteiger partial charge < -0.3 is 35.1 Å². The number of carbonyl (C=O) groups excluding carboxylic acids is 3. The number of aliphatic hydroxyl groups excluding tert-OH is 1. The number of rotatable bonds is 14. The van der Waals surface area contributed by atoms with Crippen molar-refractivity contribution >= 4 is 29.2 Å². The summed E-state index contributed by atoms with van der Waals surface area (Å²) in [5, 5.41) is 29.3. The van der Waals surface area contributed by atoms with Crippen molar-refractivity contribution in [2.45, 2.75) is 128 Å². The fraction of sp³-hybridized carbons (Fsp3) is 0.706. The van der Waals surface area contributed by atoms with Gasteiger partial charge in [0.05, 0.1) is 5.69 Å². The highest BCUT2D eigenvalue weighted by atomic mass is 16.6. The number of hydrogen-bond donors (Lipinski definition) is 3. The molecule has 4 N–H and O–H groups in total.